The van der Waals surface area contributed by atoms with Crippen LogP contribution in [0.25, 0.3) is 0 Å². The number of amides is 1. The number of hydrogen-bond donors (Lipinski definition) is 1. The second kappa shape index (κ2) is 6.55. The summed E-state index contributed by atoms with van der Waals surface area (Å²) < 4.78 is 52.6. The molecule has 0 aliphatic heterocycles. The highest BCUT2D eigenvalue weighted by Crippen LogP contribution is 2.23. The molecule has 116 valence electrons. The van der Waals surface area contributed by atoms with Gasteiger partial charge in [0.15, 0.2) is 5.82 Å². The zero-order valence-corrected chi connectivity index (χ0v) is 11.3. The summed E-state index contributed by atoms with van der Waals surface area (Å²) in [5, 5.41) is 1.83. The van der Waals surface area contributed by atoms with Crippen LogP contribution in [0.3, 0.4) is 0 Å². The summed E-state index contributed by atoms with van der Waals surface area (Å²) in [5.74, 6) is -2.10. The second-order valence-electron chi connectivity index (χ2n) is 4.61. The van der Waals surface area contributed by atoms with Gasteiger partial charge in [-0.25, -0.2) is 4.39 Å². The number of halogens is 4. The van der Waals surface area contributed by atoms with E-state index in [1.165, 1.54) is 12.1 Å². The Morgan fingerprint density at radius 3 is 2.45 bits per heavy atom. The summed E-state index contributed by atoms with van der Waals surface area (Å²) in [6.07, 6.45) is -3.16. The van der Waals surface area contributed by atoms with Crippen molar-refractivity contribution in [2.45, 2.75) is 18.6 Å². The van der Waals surface area contributed by atoms with Gasteiger partial charge in [0.1, 0.15) is 6.04 Å². The lowest BCUT2D eigenvalue weighted by molar-refractivity contribution is -0.153. The summed E-state index contributed by atoms with van der Waals surface area (Å²) >= 11 is 0. The largest absolute Gasteiger partial charge is 0.408 e. The molecule has 3 nitrogen and oxygen atoms in total. The predicted octanol–water partition coefficient (Wildman–Crippen LogP) is 3.12. The van der Waals surface area contributed by atoms with Crippen molar-refractivity contribution in [2.75, 3.05) is 0 Å². The maximum Gasteiger partial charge on any atom is 0.408 e. The molecular formula is C15H12F4N2O. The highest BCUT2D eigenvalue weighted by atomic mass is 19.4. The first-order valence-electron chi connectivity index (χ1n) is 6.39. The minimum atomic E-state index is -4.64. The first kappa shape index (κ1) is 15.9. The number of hydrogen-bond acceptors (Lipinski definition) is 2. The molecule has 0 aliphatic carbocycles. The van der Waals surface area contributed by atoms with E-state index >= 15 is 0 Å². The molecule has 1 aromatic carbocycles. The van der Waals surface area contributed by atoms with Crippen molar-refractivity contribution < 1.29 is 22.4 Å². The van der Waals surface area contributed by atoms with E-state index in [4.69, 9.17) is 0 Å². The number of carbonyl (C=O) groups is 1. The second-order valence-corrected chi connectivity index (χ2v) is 4.61. The fourth-order valence-electron chi connectivity index (χ4n) is 1.89. The topological polar surface area (TPSA) is 42.0 Å². The van der Waals surface area contributed by atoms with Crippen LogP contribution < -0.4 is 5.32 Å². The van der Waals surface area contributed by atoms with Crippen LogP contribution in [-0.2, 0) is 6.42 Å². The number of nitrogens with one attached hydrogen (secondary N) is 1. The first-order chi connectivity index (χ1) is 10.4. The molecule has 0 aliphatic rings. The fourth-order valence-corrected chi connectivity index (χ4v) is 1.89. The molecule has 0 fully saturated rings. The monoisotopic (exact) mass is 312 g/mol. The van der Waals surface area contributed by atoms with Gasteiger partial charge in [0.05, 0.1) is 11.8 Å². The van der Waals surface area contributed by atoms with Crippen molar-refractivity contribution >= 4 is 5.91 Å². The van der Waals surface area contributed by atoms with Gasteiger partial charge in [-0.05, 0) is 11.6 Å². The van der Waals surface area contributed by atoms with Crippen LogP contribution in [0.2, 0.25) is 0 Å². The number of aromatic nitrogens is 1. The third-order valence-electron chi connectivity index (χ3n) is 3.00. The molecule has 1 atom stereocenters. The van der Waals surface area contributed by atoms with Crippen molar-refractivity contribution in [3.63, 3.8) is 0 Å². The van der Waals surface area contributed by atoms with Gasteiger partial charge in [-0.1, -0.05) is 30.3 Å². The molecule has 1 amide bonds. The van der Waals surface area contributed by atoms with E-state index < -0.39 is 35.9 Å². The van der Waals surface area contributed by atoms with Crippen LogP contribution in [0, 0.1) is 5.82 Å². The number of pyridine rings is 1. The van der Waals surface area contributed by atoms with Crippen molar-refractivity contribution in [1.29, 1.82) is 0 Å². The predicted molar refractivity (Wildman–Crippen MR) is 71.7 cm³/mol. The fraction of sp³-hybridized carbons (Fsp3) is 0.200. The lowest BCUT2D eigenvalue weighted by Gasteiger charge is -2.22. The van der Waals surface area contributed by atoms with Gasteiger partial charge in [0.2, 0.25) is 0 Å². The summed E-state index contributed by atoms with van der Waals surface area (Å²) in [7, 11) is 0. The Hall–Kier alpha value is -2.44. The average molecular weight is 312 g/mol. The van der Waals surface area contributed by atoms with E-state index in [1.54, 1.807) is 18.2 Å². The van der Waals surface area contributed by atoms with Crippen molar-refractivity contribution in [2.24, 2.45) is 0 Å². The Labute approximate surface area is 124 Å². The van der Waals surface area contributed by atoms with Crippen molar-refractivity contribution in [3.8, 4) is 0 Å². The molecule has 7 heteroatoms. The van der Waals surface area contributed by atoms with Gasteiger partial charge >= 0.3 is 6.18 Å². The summed E-state index contributed by atoms with van der Waals surface area (Å²) in [6.45, 7) is 0. The molecule has 0 bridgehead atoms. The van der Waals surface area contributed by atoms with Crippen LogP contribution in [0.15, 0.2) is 48.8 Å². The SMILES string of the molecule is O=C(N[C@@H](Cc1ccccc1)C(F)(F)F)c1ccncc1F. The van der Waals surface area contributed by atoms with Crippen LogP contribution in [0.1, 0.15) is 15.9 Å². The Morgan fingerprint density at radius 1 is 1.18 bits per heavy atom. The van der Waals surface area contributed by atoms with Crippen LogP contribution in [0.5, 0.6) is 0 Å². The van der Waals surface area contributed by atoms with Gasteiger partial charge in [0, 0.05) is 12.6 Å². The standard InChI is InChI=1S/C15H12F4N2O/c16-12-9-20-7-6-11(12)14(22)21-13(15(17,18)19)8-10-4-2-1-3-5-10/h1-7,9,13H,8H2,(H,21,22)/t13-/m0/s1. The number of rotatable bonds is 4. The minimum Gasteiger partial charge on any atom is -0.340 e. The Morgan fingerprint density at radius 2 is 1.86 bits per heavy atom. The lowest BCUT2D eigenvalue weighted by Crippen LogP contribution is -2.47. The summed E-state index contributed by atoms with van der Waals surface area (Å²) in [5.41, 5.74) is -0.0577. The molecule has 1 aromatic heterocycles. The zero-order chi connectivity index (χ0) is 16.2. The maximum absolute atomic E-state index is 13.4. The van der Waals surface area contributed by atoms with Gasteiger partial charge in [-0.3, -0.25) is 9.78 Å². The Balaban J connectivity index is 2.17. The quantitative estimate of drug-likeness (QED) is 0.881. The molecule has 1 N–H and O–H groups in total. The van der Waals surface area contributed by atoms with E-state index in [9.17, 15) is 22.4 Å². The van der Waals surface area contributed by atoms with Crippen LogP contribution >= 0.6 is 0 Å². The zero-order valence-electron chi connectivity index (χ0n) is 11.3. The maximum atomic E-state index is 13.4. The molecule has 2 aromatic rings. The average Bonchev–Trinajstić information content (AvgIpc) is 2.47. The molecule has 0 spiro atoms. The number of alkyl halides is 3. The van der Waals surface area contributed by atoms with E-state index in [1.807, 2.05) is 5.32 Å². The van der Waals surface area contributed by atoms with E-state index in [0.717, 1.165) is 18.5 Å². The summed E-state index contributed by atoms with van der Waals surface area (Å²) in [6, 6.07) is 6.86. The van der Waals surface area contributed by atoms with Gasteiger partial charge < -0.3 is 5.32 Å². The van der Waals surface area contributed by atoms with E-state index in [-0.39, 0.29) is 0 Å². The number of benzene rings is 1. The highest BCUT2D eigenvalue weighted by molar-refractivity contribution is 5.94. The summed E-state index contributed by atoms with van der Waals surface area (Å²) in [4.78, 5) is 15.3. The highest BCUT2D eigenvalue weighted by Gasteiger charge is 2.40. The van der Waals surface area contributed by atoms with Gasteiger partial charge in [-0.15, -0.1) is 0 Å². The minimum absolute atomic E-state index is 0.417. The third-order valence-corrected chi connectivity index (χ3v) is 3.00. The molecule has 22 heavy (non-hydrogen) atoms. The first-order valence-corrected chi connectivity index (χ1v) is 6.39. The van der Waals surface area contributed by atoms with Crippen LogP contribution in [0.4, 0.5) is 17.6 Å². The van der Waals surface area contributed by atoms with E-state index in [2.05, 4.69) is 4.98 Å². The molecule has 2 rings (SSSR count). The molecule has 0 saturated carbocycles. The molecule has 0 radical (unpaired) electrons. The van der Waals surface area contributed by atoms with Gasteiger partial charge in [-0.2, -0.15) is 13.2 Å². The van der Waals surface area contributed by atoms with Crippen molar-refractivity contribution in [3.05, 3.63) is 65.7 Å². The van der Waals surface area contributed by atoms with Crippen LogP contribution in [-0.4, -0.2) is 23.1 Å². The Kier molecular flexibility index (Phi) is 4.75. The molecule has 0 unspecified atom stereocenters. The molecule has 1 heterocycles. The van der Waals surface area contributed by atoms with E-state index in [0.29, 0.717) is 5.56 Å². The molecular weight excluding hydrogens is 300 g/mol. The Bertz CT molecular complexity index is 643. The number of carbonyl (C=O) groups excluding carboxylic acids is 1. The normalized spacial score (nSPS) is 12.7. The molecule has 0 saturated heterocycles. The third kappa shape index (κ3) is 4.03. The smallest absolute Gasteiger partial charge is 0.340 e. The number of nitrogens with zero attached hydrogens (tertiary/aromatic N) is 1. The van der Waals surface area contributed by atoms with Gasteiger partial charge in [0.25, 0.3) is 5.91 Å². The lowest BCUT2D eigenvalue weighted by atomic mass is 10.1. The van der Waals surface area contributed by atoms with Crippen molar-refractivity contribution in [1.82, 2.24) is 10.3 Å².